The van der Waals surface area contributed by atoms with E-state index in [0.717, 1.165) is 16.1 Å². The molecule has 1 atom stereocenters. The van der Waals surface area contributed by atoms with E-state index >= 15 is 0 Å². The molecular weight excluding hydrogens is 597 g/mol. The second-order valence-corrected chi connectivity index (χ2v) is 12.1. The molecule has 0 fully saturated rings. The van der Waals surface area contributed by atoms with Gasteiger partial charge >= 0.3 is 0 Å². The standard InChI is InChI=1S/C28H30Cl3N3O5S/c1-4-32-28(36)25(14-19-8-6-5-7-9-19)33(17-20-10-11-21(29)15-23(20)30)27(35)18-34(40(3,37)38)22-12-13-26(39-2)24(31)16-22/h5-13,15-16,25H,4,14,17-18H2,1-3H3,(H,32,36)/t25-/m1/s1. The van der Waals surface area contributed by atoms with Gasteiger partial charge in [-0.25, -0.2) is 8.42 Å². The number of rotatable bonds is 12. The molecule has 0 saturated carbocycles. The van der Waals surface area contributed by atoms with Crippen LogP contribution in [0.1, 0.15) is 18.1 Å². The van der Waals surface area contributed by atoms with Crippen LogP contribution in [-0.4, -0.2) is 57.6 Å². The zero-order chi connectivity index (χ0) is 29.4. The molecule has 8 nitrogen and oxygen atoms in total. The van der Waals surface area contributed by atoms with Crippen molar-refractivity contribution in [1.29, 1.82) is 0 Å². The minimum atomic E-state index is -3.94. The molecule has 3 aromatic rings. The van der Waals surface area contributed by atoms with Crippen molar-refractivity contribution in [2.75, 3.05) is 30.8 Å². The smallest absolute Gasteiger partial charge is 0.244 e. The van der Waals surface area contributed by atoms with Gasteiger partial charge in [0.1, 0.15) is 18.3 Å². The summed E-state index contributed by atoms with van der Waals surface area (Å²) in [6.07, 6.45) is 1.18. The number of benzene rings is 3. The maximum atomic E-state index is 14.0. The molecule has 0 aliphatic carbocycles. The van der Waals surface area contributed by atoms with Crippen LogP contribution in [0.15, 0.2) is 66.7 Å². The van der Waals surface area contributed by atoms with Gasteiger partial charge in [0.25, 0.3) is 0 Å². The van der Waals surface area contributed by atoms with E-state index < -0.39 is 28.5 Å². The van der Waals surface area contributed by atoms with Gasteiger partial charge in [-0.2, -0.15) is 0 Å². The van der Waals surface area contributed by atoms with Crippen molar-refractivity contribution in [2.45, 2.75) is 25.9 Å². The lowest BCUT2D eigenvalue weighted by atomic mass is 10.0. The number of nitrogens with one attached hydrogen (secondary N) is 1. The third-order valence-corrected chi connectivity index (χ3v) is 8.10. The maximum absolute atomic E-state index is 14.0. The molecule has 3 rings (SSSR count). The second kappa shape index (κ2) is 14.1. The zero-order valence-electron chi connectivity index (χ0n) is 22.2. The number of ether oxygens (including phenoxy) is 1. The molecule has 0 aliphatic rings. The highest BCUT2D eigenvalue weighted by Gasteiger charge is 2.33. The van der Waals surface area contributed by atoms with Crippen molar-refractivity contribution in [3.05, 3.63) is 92.9 Å². The first kappa shape index (κ1) is 31.5. The summed E-state index contributed by atoms with van der Waals surface area (Å²) < 4.78 is 31.8. The molecule has 12 heteroatoms. The van der Waals surface area contributed by atoms with Crippen LogP contribution in [0.25, 0.3) is 0 Å². The van der Waals surface area contributed by atoms with Gasteiger partial charge in [-0.1, -0.05) is 71.2 Å². The number of halogens is 3. The van der Waals surface area contributed by atoms with E-state index in [1.165, 1.54) is 30.2 Å². The molecule has 214 valence electrons. The third kappa shape index (κ3) is 8.27. The lowest BCUT2D eigenvalue weighted by Gasteiger charge is -2.33. The molecule has 3 aromatic carbocycles. The van der Waals surface area contributed by atoms with Crippen molar-refractivity contribution >= 4 is 62.3 Å². The molecule has 0 spiro atoms. The summed E-state index contributed by atoms with van der Waals surface area (Å²) in [5.74, 6) is -0.651. The van der Waals surface area contributed by atoms with Gasteiger partial charge in [-0.05, 0) is 48.4 Å². The van der Waals surface area contributed by atoms with Crippen LogP contribution < -0.4 is 14.4 Å². The summed E-state index contributed by atoms with van der Waals surface area (Å²) in [5, 5.41) is 3.69. The number of methoxy groups -OCH3 is 1. The zero-order valence-corrected chi connectivity index (χ0v) is 25.3. The Morgan fingerprint density at radius 2 is 1.68 bits per heavy atom. The number of sulfonamides is 1. The van der Waals surface area contributed by atoms with Gasteiger partial charge in [0.05, 0.1) is 24.1 Å². The molecule has 1 N–H and O–H groups in total. The van der Waals surface area contributed by atoms with E-state index in [4.69, 9.17) is 39.5 Å². The molecule has 2 amide bonds. The number of carbonyl (C=O) groups is 2. The first-order valence-corrected chi connectivity index (χ1v) is 15.3. The number of nitrogens with zero attached hydrogens (tertiary/aromatic N) is 2. The van der Waals surface area contributed by atoms with Crippen LogP contribution in [0.2, 0.25) is 15.1 Å². The highest BCUT2D eigenvalue weighted by molar-refractivity contribution is 7.92. The van der Waals surface area contributed by atoms with Gasteiger partial charge in [0.2, 0.25) is 21.8 Å². The van der Waals surface area contributed by atoms with Gasteiger partial charge in [0.15, 0.2) is 0 Å². The largest absolute Gasteiger partial charge is 0.495 e. The molecule has 0 aliphatic heterocycles. The lowest BCUT2D eigenvalue weighted by molar-refractivity contribution is -0.140. The van der Waals surface area contributed by atoms with E-state index in [0.29, 0.717) is 27.9 Å². The highest BCUT2D eigenvalue weighted by atomic mass is 35.5. The van der Waals surface area contributed by atoms with Gasteiger partial charge in [-0.15, -0.1) is 0 Å². The number of amides is 2. The number of hydrogen-bond donors (Lipinski definition) is 1. The summed E-state index contributed by atoms with van der Waals surface area (Å²) in [7, 11) is -2.51. The van der Waals surface area contributed by atoms with Crippen molar-refractivity contribution in [1.82, 2.24) is 10.2 Å². The Bertz CT molecular complexity index is 1450. The first-order chi connectivity index (χ1) is 18.9. The fourth-order valence-corrected chi connectivity index (χ4v) is 5.67. The van der Waals surface area contributed by atoms with Crippen LogP contribution in [0.5, 0.6) is 5.75 Å². The maximum Gasteiger partial charge on any atom is 0.244 e. The predicted octanol–water partition coefficient (Wildman–Crippen LogP) is 5.20. The van der Waals surface area contributed by atoms with Gasteiger partial charge < -0.3 is 15.0 Å². The average molecular weight is 627 g/mol. The Kier molecular flexibility index (Phi) is 11.1. The summed E-state index contributed by atoms with van der Waals surface area (Å²) in [5.41, 5.74) is 1.53. The summed E-state index contributed by atoms with van der Waals surface area (Å²) in [4.78, 5) is 28.7. The normalized spacial score (nSPS) is 11.9. The average Bonchev–Trinajstić information content (AvgIpc) is 2.90. The van der Waals surface area contributed by atoms with Crippen LogP contribution in [0, 0.1) is 0 Å². The number of carbonyl (C=O) groups excluding carboxylic acids is 2. The van der Waals surface area contributed by atoms with Crippen LogP contribution >= 0.6 is 34.8 Å². The van der Waals surface area contributed by atoms with Gasteiger partial charge in [0, 0.05) is 29.6 Å². The number of anilines is 1. The fraction of sp³-hybridized carbons (Fsp3) is 0.286. The van der Waals surface area contributed by atoms with E-state index in [9.17, 15) is 18.0 Å². The minimum Gasteiger partial charge on any atom is -0.495 e. The SMILES string of the molecule is CCNC(=O)[C@@H](Cc1ccccc1)N(Cc1ccc(Cl)cc1Cl)C(=O)CN(c1ccc(OC)c(Cl)c1)S(C)(=O)=O. The van der Waals surface area contributed by atoms with Crippen molar-refractivity contribution in [3.63, 3.8) is 0 Å². The summed E-state index contributed by atoms with van der Waals surface area (Å²) in [6, 6.07) is 17.5. The molecular formula is C28H30Cl3N3O5S. The lowest BCUT2D eigenvalue weighted by Crippen LogP contribution is -2.53. The monoisotopic (exact) mass is 625 g/mol. The molecule has 0 unspecified atom stereocenters. The van der Waals surface area contributed by atoms with E-state index in [-0.39, 0.29) is 29.6 Å². The Labute approximate surface area is 249 Å². The predicted molar refractivity (Wildman–Crippen MR) is 160 cm³/mol. The highest BCUT2D eigenvalue weighted by Crippen LogP contribution is 2.31. The molecule has 0 bridgehead atoms. The van der Waals surface area contributed by atoms with E-state index in [1.54, 1.807) is 25.1 Å². The van der Waals surface area contributed by atoms with Crippen LogP contribution in [-0.2, 0) is 32.6 Å². The molecule has 0 aromatic heterocycles. The molecule has 0 heterocycles. The number of likely N-dealkylation sites (N-methyl/N-ethyl adjacent to an activating group) is 1. The second-order valence-electron chi connectivity index (χ2n) is 8.95. The first-order valence-electron chi connectivity index (χ1n) is 12.3. The Morgan fingerprint density at radius 1 is 0.975 bits per heavy atom. The van der Waals surface area contributed by atoms with Crippen molar-refractivity contribution < 1.29 is 22.7 Å². The van der Waals surface area contributed by atoms with E-state index in [2.05, 4.69) is 5.32 Å². The van der Waals surface area contributed by atoms with E-state index in [1.807, 2.05) is 30.3 Å². The van der Waals surface area contributed by atoms with Crippen LogP contribution in [0.4, 0.5) is 5.69 Å². The number of hydrogen-bond acceptors (Lipinski definition) is 5. The summed E-state index contributed by atoms with van der Waals surface area (Å²) in [6.45, 7) is 1.47. The molecule has 0 saturated heterocycles. The van der Waals surface area contributed by atoms with Crippen molar-refractivity contribution in [3.8, 4) is 5.75 Å². The third-order valence-electron chi connectivity index (χ3n) is 6.08. The Hall–Kier alpha value is -2.98. The fourth-order valence-electron chi connectivity index (χ4n) is 4.10. The minimum absolute atomic E-state index is 0.0650. The van der Waals surface area contributed by atoms with Gasteiger partial charge in [-0.3, -0.25) is 13.9 Å². The van der Waals surface area contributed by atoms with Crippen molar-refractivity contribution in [2.24, 2.45) is 0 Å². The quantitative estimate of drug-likeness (QED) is 0.298. The summed E-state index contributed by atoms with van der Waals surface area (Å²) >= 11 is 18.8. The van der Waals surface area contributed by atoms with Crippen LogP contribution in [0.3, 0.4) is 0 Å². The Balaban J connectivity index is 2.07. The Morgan fingerprint density at radius 3 is 2.25 bits per heavy atom. The molecule has 0 radical (unpaired) electrons. The topological polar surface area (TPSA) is 96.0 Å². The molecule has 40 heavy (non-hydrogen) atoms.